The van der Waals surface area contributed by atoms with E-state index < -0.39 is 0 Å². The van der Waals surface area contributed by atoms with Crippen LogP contribution in [-0.2, 0) is 6.54 Å². The Morgan fingerprint density at radius 3 is 2.70 bits per heavy atom. The zero-order valence-electron chi connectivity index (χ0n) is 10.8. The molecule has 0 aliphatic carbocycles. The first kappa shape index (κ1) is 12.7. The zero-order chi connectivity index (χ0) is 14.1. The Kier molecular flexibility index (Phi) is 3.15. The van der Waals surface area contributed by atoms with E-state index in [1.54, 1.807) is 23.0 Å². The van der Waals surface area contributed by atoms with Gasteiger partial charge in [0.05, 0.1) is 11.8 Å². The summed E-state index contributed by atoms with van der Waals surface area (Å²) in [6.45, 7) is 2.69. The van der Waals surface area contributed by atoms with Crippen LogP contribution in [0.5, 0.6) is 0 Å². The fourth-order valence-electron chi connectivity index (χ4n) is 1.94. The van der Waals surface area contributed by atoms with Crippen LogP contribution >= 0.6 is 11.6 Å². The largest absolute Gasteiger partial charge is 0.383 e. The van der Waals surface area contributed by atoms with E-state index in [4.69, 9.17) is 17.3 Å². The SMILES string of the molecule is CCn1ncc(-c2nc(-c3ccc(Cl)cc3)n[nH]2)c1N. The maximum absolute atomic E-state index is 6.01. The Morgan fingerprint density at radius 1 is 1.30 bits per heavy atom. The molecule has 2 heterocycles. The lowest BCUT2D eigenvalue weighted by Crippen LogP contribution is -2.02. The molecule has 7 heteroatoms. The van der Waals surface area contributed by atoms with Gasteiger partial charge in [-0.05, 0) is 31.2 Å². The highest BCUT2D eigenvalue weighted by atomic mass is 35.5. The van der Waals surface area contributed by atoms with Crippen molar-refractivity contribution in [2.24, 2.45) is 0 Å². The summed E-state index contributed by atoms with van der Waals surface area (Å²) < 4.78 is 1.71. The number of hydrogen-bond acceptors (Lipinski definition) is 4. The highest BCUT2D eigenvalue weighted by molar-refractivity contribution is 6.30. The van der Waals surface area contributed by atoms with E-state index in [1.807, 2.05) is 19.1 Å². The van der Waals surface area contributed by atoms with Gasteiger partial charge >= 0.3 is 0 Å². The molecule has 0 saturated heterocycles. The van der Waals surface area contributed by atoms with Crippen molar-refractivity contribution in [3.05, 3.63) is 35.5 Å². The van der Waals surface area contributed by atoms with Gasteiger partial charge in [0.1, 0.15) is 5.82 Å². The Morgan fingerprint density at radius 2 is 2.05 bits per heavy atom. The molecule has 0 unspecified atom stereocenters. The summed E-state index contributed by atoms with van der Waals surface area (Å²) in [7, 11) is 0. The first-order valence-electron chi connectivity index (χ1n) is 6.19. The van der Waals surface area contributed by atoms with Crippen molar-refractivity contribution in [1.82, 2.24) is 25.0 Å². The van der Waals surface area contributed by atoms with Gasteiger partial charge in [0.2, 0.25) is 0 Å². The second-order valence-corrected chi connectivity index (χ2v) is 4.71. The van der Waals surface area contributed by atoms with Crippen LogP contribution in [0.4, 0.5) is 5.82 Å². The van der Waals surface area contributed by atoms with Crippen LogP contribution in [0.3, 0.4) is 0 Å². The molecule has 0 spiro atoms. The van der Waals surface area contributed by atoms with Crippen molar-refractivity contribution in [3.8, 4) is 22.8 Å². The minimum absolute atomic E-state index is 0.575. The van der Waals surface area contributed by atoms with Gasteiger partial charge < -0.3 is 5.73 Å². The third kappa shape index (κ3) is 2.14. The number of aromatic amines is 1. The standard InChI is InChI=1S/C13H13ClN6/c1-2-20-11(15)10(7-16-20)13-17-12(18-19-13)8-3-5-9(14)6-4-8/h3-7H,2,15H2,1H3,(H,17,18,19). The highest BCUT2D eigenvalue weighted by Crippen LogP contribution is 2.25. The number of nitrogens with one attached hydrogen (secondary N) is 1. The Hall–Kier alpha value is -2.34. The number of anilines is 1. The quantitative estimate of drug-likeness (QED) is 0.775. The molecule has 0 bridgehead atoms. The summed E-state index contributed by atoms with van der Waals surface area (Å²) in [6, 6.07) is 7.34. The molecule has 0 aliphatic rings. The number of hydrogen-bond donors (Lipinski definition) is 2. The van der Waals surface area contributed by atoms with Crippen molar-refractivity contribution in [1.29, 1.82) is 0 Å². The number of nitrogen functional groups attached to an aromatic ring is 1. The van der Waals surface area contributed by atoms with E-state index in [1.165, 1.54) is 0 Å². The number of rotatable bonds is 3. The van der Waals surface area contributed by atoms with Crippen LogP contribution in [0.1, 0.15) is 6.92 Å². The van der Waals surface area contributed by atoms with Gasteiger partial charge in [-0.1, -0.05) is 11.6 Å². The zero-order valence-corrected chi connectivity index (χ0v) is 11.6. The molecule has 1 aromatic carbocycles. The topological polar surface area (TPSA) is 85.4 Å². The number of benzene rings is 1. The molecule has 0 saturated carbocycles. The maximum atomic E-state index is 6.01. The van der Waals surface area contributed by atoms with Crippen LogP contribution in [0.25, 0.3) is 22.8 Å². The van der Waals surface area contributed by atoms with Gasteiger partial charge in [0.25, 0.3) is 0 Å². The number of halogens is 1. The lowest BCUT2D eigenvalue weighted by molar-refractivity contribution is 0.670. The van der Waals surface area contributed by atoms with Crippen LogP contribution in [0, 0.1) is 0 Å². The average molecular weight is 289 g/mol. The third-order valence-electron chi connectivity index (χ3n) is 3.02. The predicted molar refractivity (Wildman–Crippen MR) is 78.1 cm³/mol. The molecule has 102 valence electrons. The van der Waals surface area contributed by atoms with Crippen molar-refractivity contribution in [2.45, 2.75) is 13.5 Å². The van der Waals surface area contributed by atoms with Crippen LogP contribution < -0.4 is 5.73 Å². The average Bonchev–Trinajstić information content (AvgIpc) is 3.06. The molecule has 0 radical (unpaired) electrons. The van der Waals surface area contributed by atoms with Crippen molar-refractivity contribution >= 4 is 17.4 Å². The third-order valence-corrected chi connectivity index (χ3v) is 3.27. The van der Waals surface area contributed by atoms with Crippen LogP contribution in [0.2, 0.25) is 5.02 Å². The van der Waals surface area contributed by atoms with Gasteiger partial charge in [0, 0.05) is 17.1 Å². The van der Waals surface area contributed by atoms with E-state index in [9.17, 15) is 0 Å². The minimum atomic E-state index is 0.575. The highest BCUT2D eigenvalue weighted by Gasteiger charge is 2.13. The van der Waals surface area contributed by atoms with E-state index in [0.717, 1.165) is 11.1 Å². The van der Waals surface area contributed by atoms with E-state index in [2.05, 4.69) is 20.3 Å². The molecule has 3 aromatic rings. The summed E-state index contributed by atoms with van der Waals surface area (Å²) in [5.74, 6) is 1.78. The van der Waals surface area contributed by atoms with Gasteiger partial charge in [0.15, 0.2) is 11.6 Å². The molecule has 0 amide bonds. The summed E-state index contributed by atoms with van der Waals surface area (Å²) in [6.07, 6.45) is 1.69. The lowest BCUT2D eigenvalue weighted by Gasteiger charge is -1.99. The Balaban J connectivity index is 1.97. The summed E-state index contributed by atoms with van der Waals surface area (Å²) in [5, 5.41) is 12.0. The first-order chi connectivity index (χ1) is 9.69. The van der Waals surface area contributed by atoms with E-state index >= 15 is 0 Å². The van der Waals surface area contributed by atoms with E-state index in [0.29, 0.717) is 29.0 Å². The molecule has 0 aliphatic heterocycles. The molecular formula is C13H13ClN6. The van der Waals surface area contributed by atoms with Crippen LogP contribution in [0.15, 0.2) is 30.5 Å². The smallest absolute Gasteiger partial charge is 0.181 e. The molecule has 6 nitrogen and oxygen atoms in total. The maximum Gasteiger partial charge on any atom is 0.181 e. The Labute approximate surface area is 120 Å². The molecule has 2 aromatic heterocycles. The second-order valence-electron chi connectivity index (χ2n) is 4.27. The van der Waals surface area contributed by atoms with Crippen molar-refractivity contribution < 1.29 is 0 Å². The molecular weight excluding hydrogens is 276 g/mol. The number of aromatic nitrogens is 5. The summed E-state index contributed by atoms with van der Waals surface area (Å²) >= 11 is 5.86. The molecule has 20 heavy (non-hydrogen) atoms. The molecule has 0 fully saturated rings. The summed E-state index contributed by atoms with van der Waals surface area (Å²) in [4.78, 5) is 4.45. The Bertz CT molecular complexity index is 728. The second kappa shape index (κ2) is 4.97. The van der Waals surface area contributed by atoms with Gasteiger partial charge in [-0.25, -0.2) is 9.67 Å². The van der Waals surface area contributed by atoms with Gasteiger partial charge in [-0.15, -0.1) is 0 Å². The number of aryl methyl sites for hydroxylation is 1. The summed E-state index contributed by atoms with van der Waals surface area (Å²) in [5.41, 5.74) is 7.65. The van der Waals surface area contributed by atoms with Crippen molar-refractivity contribution in [3.63, 3.8) is 0 Å². The van der Waals surface area contributed by atoms with Gasteiger partial charge in [-0.2, -0.15) is 10.2 Å². The molecule has 3 rings (SSSR count). The lowest BCUT2D eigenvalue weighted by atomic mass is 10.2. The van der Waals surface area contributed by atoms with Gasteiger partial charge in [-0.3, -0.25) is 5.10 Å². The van der Waals surface area contributed by atoms with E-state index in [-0.39, 0.29) is 0 Å². The number of H-pyrrole nitrogens is 1. The molecule has 3 N–H and O–H groups in total. The number of nitrogens with zero attached hydrogens (tertiary/aromatic N) is 4. The molecule has 0 atom stereocenters. The number of nitrogens with two attached hydrogens (primary N) is 1. The fourth-order valence-corrected chi connectivity index (χ4v) is 2.07. The first-order valence-corrected chi connectivity index (χ1v) is 6.57. The fraction of sp³-hybridized carbons (Fsp3) is 0.154. The normalized spacial score (nSPS) is 10.9. The van der Waals surface area contributed by atoms with Crippen molar-refractivity contribution in [2.75, 3.05) is 5.73 Å². The van der Waals surface area contributed by atoms with Crippen LogP contribution in [-0.4, -0.2) is 25.0 Å². The monoisotopic (exact) mass is 288 g/mol. The minimum Gasteiger partial charge on any atom is -0.383 e. The predicted octanol–water partition coefficient (Wildman–Crippen LogP) is 2.59.